The molecule has 236 valence electrons. The number of carbonyl (C=O) groups excluding carboxylic acids is 1. The lowest BCUT2D eigenvalue weighted by atomic mass is 9.84. The van der Waals surface area contributed by atoms with Gasteiger partial charge in [-0.3, -0.25) is 9.78 Å². The maximum absolute atomic E-state index is 15.2. The molecule has 1 amide bonds. The number of anilines is 2. The number of nitrogens with one attached hydrogen (secondary N) is 2. The first-order chi connectivity index (χ1) is 21.5. The summed E-state index contributed by atoms with van der Waals surface area (Å²) < 4.78 is 57.4. The Morgan fingerprint density at radius 2 is 1.67 bits per heavy atom. The largest absolute Gasteiger partial charge is 0.399 e. The Balaban J connectivity index is 1.36. The molecule has 0 radical (unpaired) electrons. The van der Waals surface area contributed by atoms with Gasteiger partial charge in [0.25, 0.3) is 0 Å². The van der Waals surface area contributed by atoms with Crippen LogP contribution in [0.25, 0.3) is 0 Å². The number of carbonyl (C=O) groups is 1. The van der Waals surface area contributed by atoms with Crippen LogP contribution in [0, 0.1) is 18.6 Å². The van der Waals surface area contributed by atoms with E-state index in [1.165, 1.54) is 46.9 Å². The van der Waals surface area contributed by atoms with Crippen molar-refractivity contribution in [3.05, 3.63) is 119 Å². The number of halogens is 2. The van der Waals surface area contributed by atoms with Gasteiger partial charge in [-0.2, -0.15) is 4.31 Å². The normalized spacial score (nSPS) is 17.0. The molecular formula is C33H36F2N6O3S. The third-order valence-corrected chi connectivity index (χ3v) is 10.1. The van der Waals surface area contributed by atoms with Crippen LogP contribution in [0.4, 0.5) is 20.2 Å². The molecule has 0 aliphatic carbocycles. The number of hydrogen-bond donors (Lipinski definition) is 4. The van der Waals surface area contributed by atoms with Crippen LogP contribution in [0.1, 0.15) is 34.6 Å². The van der Waals surface area contributed by atoms with Gasteiger partial charge in [0.05, 0.1) is 29.0 Å². The molecule has 3 atom stereocenters. The highest BCUT2D eigenvalue weighted by atomic mass is 32.2. The van der Waals surface area contributed by atoms with Gasteiger partial charge in [-0.25, -0.2) is 17.2 Å². The lowest BCUT2D eigenvalue weighted by Gasteiger charge is -2.35. The number of nitrogens with two attached hydrogens (primary N) is 2. The van der Waals surface area contributed by atoms with Gasteiger partial charge in [0, 0.05) is 42.8 Å². The fraction of sp³-hybridized carbons (Fsp3) is 0.273. The van der Waals surface area contributed by atoms with E-state index in [0.29, 0.717) is 24.3 Å². The summed E-state index contributed by atoms with van der Waals surface area (Å²) in [6, 6.07) is 17.8. The van der Waals surface area contributed by atoms with Gasteiger partial charge >= 0.3 is 0 Å². The first-order valence-electron chi connectivity index (χ1n) is 14.6. The molecule has 9 nitrogen and oxygen atoms in total. The summed E-state index contributed by atoms with van der Waals surface area (Å²) in [5, 5.41) is 5.97. The van der Waals surface area contributed by atoms with Crippen LogP contribution < -0.4 is 22.1 Å². The molecule has 0 spiro atoms. The minimum absolute atomic E-state index is 0.124. The molecule has 45 heavy (non-hydrogen) atoms. The van der Waals surface area contributed by atoms with Gasteiger partial charge in [0.1, 0.15) is 11.6 Å². The first-order valence-corrected chi connectivity index (χ1v) is 16.1. The van der Waals surface area contributed by atoms with E-state index in [-0.39, 0.29) is 35.5 Å². The Morgan fingerprint density at radius 3 is 2.33 bits per heavy atom. The van der Waals surface area contributed by atoms with Gasteiger partial charge in [-0.05, 0) is 67.3 Å². The van der Waals surface area contributed by atoms with Crippen molar-refractivity contribution in [3.63, 3.8) is 0 Å². The number of pyridine rings is 1. The van der Waals surface area contributed by atoms with Crippen molar-refractivity contribution in [1.82, 2.24) is 14.6 Å². The second-order valence-electron chi connectivity index (χ2n) is 11.2. The summed E-state index contributed by atoms with van der Waals surface area (Å²) in [5.41, 5.74) is 15.5. The van der Waals surface area contributed by atoms with E-state index in [4.69, 9.17) is 11.5 Å². The first kappa shape index (κ1) is 32.2. The Kier molecular flexibility index (Phi) is 9.88. The monoisotopic (exact) mass is 634 g/mol. The predicted octanol–water partition coefficient (Wildman–Crippen LogP) is 3.94. The predicted molar refractivity (Wildman–Crippen MR) is 170 cm³/mol. The lowest BCUT2D eigenvalue weighted by molar-refractivity contribution is -0.117. The fourth-order valence-electron chi connectivity index (χ4n) is 5.63. The van der Waals surface area contributed by atoms with Crippen molar-refractivity contribution in [2.24, 2.45) is 5.73 Å². The Hall–Kier alpha value is -4.23. The van der Waals surface area contributed by atoms with E-state index in [9.17, 15) is 17.6 Å². The molecule has 1 fully saturated rings. The van der Waals surface area contributed by atoms with E-state index in [1.807, 2.05) is 31.2 Å². The summed E-state index contributed by atoms with van der Waals surface area (Å²) >= 11 is 0. The highest BCUT2D eigenvalue weighted by molar-refractivity contribution is 7.89. The fourth-order valence-corrected chi connectivity index (χ4v) is 7.29. The van der Waals surface area contributed by atoms with Crippen molar-refractivity contribution >= 4 is 27.3 Å². The van der Waals surface area contributed by atoms with Crippen LogP contribution in [-0.2, 0) is 21.2 Å². The molecule has 5 rings (SSSR count). The van der Waals surface area contributed by atoms with Gasteiger partial charge in [-0.1, -0.05) is 42.0 Å². The zero-order valence-electron chi connectivity index (χ0n) is 24.8. The van der Waals surface area contributed by atoms with Gasteiger partial charge in [0.2, 0.25) is 15.9 Å². The Bertz CT molecular complexity index is 1690. The topological polar surface area (TPSA) is 143 Å². The number of hydrogen-bond acceptors (Lipinski definition) is 7. The van der Waals surface area contributed by atoms with Crippen molar-refractivity contribution in [2.45, 2.75) is 42.7 Å². The van der Waals surface area contributed by atoms with E-state index in [0.717, 1.165) is 17.3 Å². The number of aromatic nitrogens is 1. The summed E-state index contributed by atoms with van der Waals surface area (Å²) in [5.74, 6) is -2.24. The summed E-state index contributed by atoms with van der Waals surface area (Å²) in [7, 11) is -3.83. The molecule has 1 aliphatic heterocycles. The van der Waals surface area contributed by atoms with Crippen LogP contribution >= 0.6 is 0 Å². The van der Waals surface area contributed by atoms with Gasteiger partial charge < -0.3 is 22.1 Å². The summed E-state index contributed by atoms with van der Waals surface area (Å²) in [6.45, 7) is 3.04. The third-order valence-electron chi connectivity index (χ3n) is 8.10. The van der Waals surface area contributed by atoms with Crippen LogP contribution in [0.5, 0.6) is 0 Å². The van der Waals surface area contributed by atoms with Crippen LogP contribution in [0.3, 0.4) is 0 Å². The minimum Gasteiger partial charge on any atom is -0.399 e. The van der Waals surface area contributed by atoms with Crippen LogP contribution in [-0.4, -0.2) is 55.3 Å². The molecule has 1 aromatic heterocycles. The third kappa shape index (κ3) is 7.36. The second-order valence-corrected chi connectivity index (χ2v) is 13.1. The van der Waals surface area contributed by atoms with E-state index in [2.05, 4.69) is 15.6 Å². The molecule has 1 unspecified atom stereocenters. The number of rotatable bonds is 10. The van der Waals surface area contributed by atoms with Crippen molar-refractivity contribution < 1.29 is 22.0 Å². The number of sulfonamides is 1. The standard InChI is InChI=1S/C33H36F2N6O3S/c1-21-2-4-22(5-3-21)31(23-6-8-24(34)9-7-23)32(37)33(42)40-30-20-39-19-29(35)28(30)15-12-26-18-38-16-17-41(26)45(43,44)27-13-10-25(36)11-14-27/h2-11,13-14,19-20,26,31-32,38H,12,15-18,36-37H2,1H3,(H,40,42)/t26-,31?,32+/m1/s1. The van der Waals surface area contributed by atoms with Crippen molar-refractivity contribution in [1.29, 1.82) is 0 Å². The summed E-state index contributed by atoms with van der Waals surface area (Å²) in [6.07, 6.45) is 2.81. The lowest BCUT2D eigenvalue weighted by Crippen LogP contribution is -2.53. The highest BCUT2D eigenvalue weighted by Gasteiger charge is 2.34. The number of aryl methyl sites for hydroxylation is 1. The zero-order chi connectivity index (χ0) is 32.1. The molecule has 3 aromatic carbocycles. The Morgan fingerprint density at radius 1 is 1.02 bits per heavy atom. The van der Waals surface area contributed by atoms with E-state index >= 15 is 4.39 Å². The molecule has 0 saturated carbocycles. The Labute approximate surface area is 261 Å². The maximum Gasteiger partial charge on any atom is 0.243 e. The van der Waals surface area contributed by atoms with E-state index < -0.39 is 45.6 Å². The molecule has 12 heteroatoms. The van der Waals surface area contributed by atoms with E-state index in [1.54, 1.807) is 12.1 Å². The minimum atomic E-state index is -3.83. The number of nitrogen functional groups attached to an aromatic ring is 1. The van der Waals surface area contributed by atoms with Gasteiger partial charge in [-0.15, -0.1) is 0 Å². The number of piperazine rings is 1. The second kappa shape index (κ2) is 13.8. The van der Waals surface area contributed by atoms with Crippen molar-refractivity contribution in [2.75, 3.05) is 30.7 Å². The molecule has 0 bridgehead atoms. The molecule has 4 aromatic rings. The maximum atomic E-state index is 15.2. The quantitative estimate of drug-likeness (QED) is 0.194. The number of nitrogens with zero attached hydrogens (tertiary/aromatic N) is 2. The molecule has 6 N–H and O–H groups in total. The summed E-state index contributed by atoms with van der Waals surface area (Å²) in [4.78, 5) is 17.7. The molecule has 1 aliphatic rings. The average Bonchev–Trinajstić information content (AvgIpc) is 3.03. The smallest absolute Gasteiger partial charge is 0.243 e. The number of benzene rings is 3. The highest BCUT2D eigenvalue weighted by Crippen LogP contribution is 2.30. The van der Waals surface area contributed by atoms with Crippen LogP contribution in [0.15, 0.2) is 90.1 Å². The molecular weight excluding hydrogens is 598 g/mol. The SMILES string of the molecule is Cc1ccc(C(c2ccc(F)cc2)[C@H](N)C(=O)Nc2cncc(F)c2CC[C@@H]2CNCCN2S(=O)(=O)c2ccc(N)cc2)cc1. The number of amides is 1. The van der Waals surface area contributed by atoms with Gasteiger partial charge in [0.15, 0.2) is 0 Å². The zero-order valence-corrected chi connectivity index (χ0v) is 25.6. The molecule has 2 heterocycles. The molecule has 1 saturated heterocycles. The average molecular weight is 635 g/mol. The van der Waals surface area contributed by atoms with Crippen LogP contribution in [0.2, 0.25) is 0 Å². The van der Waals surface area contributed by atoms with Crippen molar-refractivity contribution in [3.8, 4) is 0 Å².